The van der Waals surface area contributed by atoms with Gasteiger partial charge in [0.2, 0.25) is 11.8 Å². The van der Waals surface area contributed by atoms with E-state index in [0.29, 0.717) is 5.69 Å². The van der Waals surface area contributed by atoms with Crippen LogP contribution in [0.1, 0.15) is 25.7 Å². The lowest BCUT2D eigenvalue weighted by atomic mass is 10.1. The number of hydrogen-bond acceptors (Lipinski definition) is 4. The number of nitrogens with zero attached hydrogens (tertiary/aromatic N) is 3. The summed E-state index contributed by atoms with van der Waals surface area (Å²) in [6.07, 6.45) is 5.32. The normalized spacial score (nSPS) is 19.8. The van der Waals surface area contributed by atoms with Gasteiger partial charge in [-0.15, -0.1) is 0 Å². The number of benzene rings is 1. The number of rotatable bonds is 4. The van der Waals surface area contributed by atoms with Crippen molar-refractivity contribution in [1.29, 1.82) is 0 Å². The molecule has 0 saturated carbocycles. The Hall–Kier alpha value is -2.96. The van der Waals surface area contributed by atoms with Gasteiger partial charge >= 0.3 is 0 Å². The second kappa shape index (κ2) is 7.96. The fourth-order valence-electron chi connectivity index (χ4n) is 3.80. The van der Waals surface area contributed by atoms with E-state index in [4.69, 9.17) is 0 Å². The molecule has 0 bridgehead atoms. The molecular formula is C21H23FN4O2. The summed E-state index contributed by atoms with van der Waals surface area (Å²) in [6.45, 7) is 2.19. The highest BCUT2D eigenvalue weighted by Gasteiger charge is 2.36. The summed E-state index contributed by atoms with van der Waals surface area (Å²) in [6, 6.07) is 9.85. The molecule has 146 valence electrons. The van der Waals surface area contributed by atoms with Gasteiger partial charge in [-0.3, -0.25) is 9.59 Å². The van der Waals surface area contributed by atoms with E-state index in [9.17, 15) is 14.0 Å². The Morgan fingerprint density at radius 2 is 1.89 bits per heavy atom. The molecule has 2 aromatic rings. The van der Waals surface area contributed by atoms with Crippen LogP contribution in [0.25, 0.3) is 0 Å². The van der Waals surface area contributed by atoms with Crippen LogP contribution in [-0.4, -0.2) is 36.4 Å². The maximum absolute atomic E-state index is 14.0. The fraction of sp³-hybridized carbons (Fsp3) is 0.381. The van der Waals surface area contributed by atoms with E-state index in [2.05, 4.69) is 15.2 Å². The summed E-state index contributed by atoms with van der Waals surface area (Å²) >= 11 is 0. The van der Waals surface area contributed by atoms with Gasteiger partial charge in [0.1, 0.15) is 11.6 Å². The highest BCUT2D eigenvalue weighted by Crippen LogP contribution is 2.28. The minimum Gasteiger partial charge on any atom is -0.357 e. The molecule has 0 radical (unpaired) electrons. The van der Waals surface area contributed by atoms with Crippen LogP contribution in [0.2, 0.25) is 0 Å². The van der Waals surface area contributed by atoms with E-state index in [-0.39, 0.29) is 30.5 Å². The molecule has 4 rings (SSSR count). The van der Waals surface area contributed by atoms with Gasteiger partial charge in [0, 0.05) is 26.1 Å². The molecule has 2 aliphatic rings. The van der Waals surface area contributed by atoms with Crippen LogP contribution in [0.15, 0.2) is 42.6 Å². The first-order chi connectivity index (χ1) is 13.6. The molecule has 1 unspecified atom stereocenters. The predicted octanol–water partition coefficient (Wildman–Crippen LogP) is 3.20. The van der Waals surface area contributed by atoms with Crippen LogP contribution in [0.5, 0.6) is 0 Å². The van der Waals surface area contributed by atoms with E-state index in [1.165, 1.54) is 30.2 Å². The van der Waals surface area contributed by atoms with E-state index in [1.807, 2.05) is 12.1 Å². The Labute approximate surface area is 163 Å². The maximum Gasteiger partial charge on any atom is 0.229 e. The molecule has 2 amide bonds. The molecule has 2 saturated heterocycles. The summed E-state index contributed by atoms with van der Waals surface area (Å²) in [7, 11) is 0. The van der Waals surface area contributed by atoms with Crippen LogP contribution in [0.4, 0.5) is 21.6 Å². The average Bonchev–Trinajstić information content (AvgIpc) is 3.11. The van der Waals surface area contributed by atoms with E-state index in [0.717, 1.165) is 18.9 Å². The van der Waals surface area contributed by atoms with E-state index in [1.54, 1.807) is 24.4 Å². The van der Waals surface area contributed by atoms with Crippen molar-refractivity contribution in [3.8, 4) is 0 Å². The van der Waals surface area contributed by atoms with Crippen molar-refractivity contribution in [1.82, 2.24) is 4.98 Å². The second-order valence-electron chi connectivity index (χ2n) is 7.30. The Bertz CT molecular complexity index is 865. The van der Waals surface area contributed by atoms with Crippen molar-refractivity contribution in [2.75, 3.05) is 34.8 Å². The quantitative estimate of drug-likeness (QED) is 0.882. The lowest BCUT2D eigenvalue weighted by Crippen LogP contribution is -2.30. The molecule has 0 aliphatic carbocycles. The Balaban J connectivity index is 1.39. The number of carbonyl (C=O) groups excluding carboxylic acids is 2. The van der Waals surface area contributed by atoms with Gasteiger partial charge in [-0.1, -0.05) is 12.1 Å². The third-order valence-corrected chi connectivity index (χ3v) is 5.33. The van der Waals surface area contributed by atoms with Crippen molar-refractivity contribution >= 4 is 29.0 Å². The third kappa shape index (κ3) is 3.83. The summed E-state index contributed by atoms with van der Waals surface area (Å²) in [5, 5.41) is 2.83. The van der Waals surface area contributed by atoms with Crippen LogP contribution < -0.4 is 15.1 Å². The maximum atomic E-state index is 14.0. The SMILES string of the molecule is O=C(Nc1ccc(N2CCCCC2)nc1)C1CC(=O)N(c2ccccc2F)C1. The number of aromatic nitrogens is 1. The van der Waals surface area contributed by atoms with Gasteiger partial charge < -0.3 is 15.1 Å². The number of halogens is 1. The van der Waals surface area contributed by atoms with Gasteiger partial charge in [0.15, 0.2) is 0 Å². The Morgan fingerprint density at radius 3 is 2.61 bits per heavy atom. The molecule has 0 spiro atoms. The molecule has 6 nitrogen and oxygen atoms in total. The Kier molecular flexibility index (Phi) is 5.23. The summed E-state index contributed by atoms with van der Waals surface area (Å²) in [5.41, 5.74) is 0.818. The van der Waals surface area contributed by atoms with Crippen LogP contribution in [0, 0.1) is 11.7 Å². The smallest absolute Gasteiger partial charge is 0.229 e. The molecule has 1 atom stereocenters. The first-order valence-electron chi connectivity index (χ1n) is 9.68. The van der Waals surface area contributed by atoms with E-state index >= 15 is 0 Å². The van der Waals surface area contributed by atoms with Crippen molar-refractivity contribution in [2.45, 2.75) is 25.7 Å². The van der Waals surface area contributed by atoms with Gasteiger partial charge in [-0.25, -0.2) is 9.37 Å². The first-order valence-corrected chi connectivity index (χ1v) is 9.68. The predicted molar refractivity (Wildman–Crippen MR) is 106 cm³/mol. The summed E-state index contributed by atoms with van der Waals surface area (Å²) in [4.78, 5) is 32.9. The number of carbonyl (C=O) groups is 2. The Morgan fingerprint density at radius 1 is 1.11 bits per heavy atom. The molecule has 1 N–H and O–H groups in total. The van der Waals surface area contributed by atoms with Crippen molar-refractivity contribution < 1.29 is 14.0 Å². The van der Waals surface area contributed by atoms with Crippen LogP contribution in [-0.2, 0) is 9.59 Å². The second-order valence-corrected chi connectivity index (χ2v) is 7.30. The average molecular weight is 382 g/mol. The van der Waals surface area contributed by atoms with Crippen molar-refractivity contribution in [3.63, 3.8) is 0 Å². The fourth-order valence-corrected chi connectivity index (χ4v) is 3.80. The number of pyridine rings is 1. The lowest BCUT2D eigenvalue weighted by Gasteiger charge is -2.27. The minimum absolute atomic E-state index is 0.0689. The van der Waals surface area contributed by atoms with Gasteiger partial charge in [0.05, 0.1) is 23.5 Å². The molecule has 1 aromatic carbocycles. The van der Waals surface area contributed by atoms with Crippen LogP contribution in [0.3, 0.4) is 0 Å². The highest BCUT2D eigenvalue weighted by molar-refractivity contribution is 6.03. The zero-order valence-corrected chi connectivity index (χ0v) is 15.6. The molecule has 2 fully saturated rings. The van der Waals surface area contributed by atoms with Gasteiger partial charge in [0.25, 0.3) is 0 Å². The summed E-state index contributed by atoms with van der Waals surface area (Å²) < 4.78 is 14.0. The molecule has 28 heavy (non-hydrogen) atoms. The topological polar surface area (TPSA) is 65.5 Å². The molecule has 3 heterocycles. The molecule has 7 heteroatoms. The van der Waals surface area contributed by atoms with Crippen LogP contribution >= 0.6 is 0 Å². The number of nitrogens with one attached hydrogen (secondary N) is 1. The zero-order valence-electron chi connectivity index (χ0n) is 15.6. The summed E-state index contributed by atoms with van der Waals surface area (Å²) in [5.74, 6) is -0.564. The zero-order chi connectivity index (χ0) is 19.5. The monoisotopic (exact) mass is 382 g/mol. The van der Waals surface area contributed by atoms with Crippen molar-refractivity contribution in [3.05, 3.63) is 48.4 Å². The molecule has 2 aliphatic heterocycles. The highest BCUT2D eigenvalue weighted by atomic mass is 19.1. The van der Waals surface area contributed by atoms with Crippen molar-refractivity contribution in [2.24, 2.45) is 5.92 Å². The largest absolute Gasteiger partial charge is 0.357 e. The number of amides is 2. The third-order valence-electron chi connectivity index (χ3n) is 5.33. The standard InChI is InChI=1S/C21H23FN4O2/c22-17-6-2-3-7-18(17)26-14-15(12-20(26)27)21(28)24-16-8-9-19(23-13-16)25-10-4-1-5-11-25/h2-3,6-9,13,15H,1,4-5,10-12,14H2,(H,24,28). The number of anilines is 3. The van der Waals surface area contributed by atoms with E-state index < -0.39 is 11.7 Å². The van der Waals surface area contributed by atoms with Gasteiger partial charge in [-0.05, 0) is 43.5 Å². The molecular weight excluding hydrogens is 359 g/mol. The first kappa shape index (κ1) is 18.4. The number of para-hydroxylation sites is 1. The molecule has 1 aromatic heterocycles. The van der Waals surface area contributed by atoms with Gasteiger partial charge in [-0.2, -0.15) is 0 Å². The number of hydrogen-bond donors (Lipinski definition) is 1. The minimum atomic E-state index is -0.520. The lowest BCUT2D eigenvalue weighted by molar-refractivity contribution is -0.122. The number of piperidine rings is 1.